The van der Waals surface area contributed by atoms with Crippen LogP contribution in [0.4, 0.5) is 0 Å². The van der Waals surface area contributed by atoms with Crippen LogP contribution in [-0.2, 0) is 4.74 Å². The molecule has 1 aromatic rings. The molecule has 0 amide bonds. The summed E-state index contributed by atoms with van der Waals surface area (Å²) in [4.78, 5) is 1.36. The van der Waals surface area contributed by atoms with Crippen molar-refractivity contribution in [3.8, 4) is 0 Å². The molecule has 1 N–H and O–H groups in total. The van der Waals surface area contributed by atoms with Crippen LogP contribution in [-0.4, -0.2) is 19.3 Å². The molecule has 1 heterocycles. The molecule has 1 atom stereocenters. The van der Waals surface area contributed by atoms with Crippen LogP contribution >= 0.6 is 27.3 Å². The quantitative estimate of drug-likeness (QED) is 0.806. The highest BCUT2D eigenvalue weighted by Gasteiger charge is 2.25. The summed E-state index contributed by atoms with van der Waals surface area (Å²) >= 11 is 5.41. The minimum atomic E-state index is -0.102. The van der Waals surface area contributed by atoms with E-state index in [1.54, 1.807) is 18.4 Å². The van der Waals surface area contributed by atoms with E-state index in [2.05, 4.69) is 53.5 Å². The third-order valence-corrected chi connectivity index (χ3v) is 4.83. The third kappa shape index (κ3) is 4.70. The zero-order chi connectivity index (χ0) is 12.9. The van der Waals surface area contributed by atoms with Crippen molar-refractivity contribution in [1.29, 1.82) is 0 Å². The molecular formula is C13H22BrNOS. The molecule has 0 fully saturated rings. The lowest BCUT2D eigenvalue weighted by Gasteiger charge is -2.29. The van der Waals surface area contributed by atoms with Gasteiger partial charge in [-0.1, -0.05) is 6.92 Å². The number of hydrogen-bond acceptors (Lipinski definition) is 3. The first kappa shape index (κ1) is 15.2. The van der Waals surface area contributed by atoms with E-state index >= 15 is 0 Å². The fourth-order valence-corrected chi connectivity index (χ4v) is 3.43. The summed E-state index contributed by atoms with van der Waals surface area (Å²) in [6, 6.07) is 2.47. The fraction of sp³-hybridized carbons (Fsp3) is 0.692. The van der Waals surface area contributed by atoms with Gasteiger partial charge in [-0.25, -0.2) is 0 Å². The van der Waals surface area contributed by atoms with E-state index in [0.717, 1.165) is 19.4 Å². The number of rotatable bonds is 7. The average molecular weight is 320 g/mol. The van der Waals surface area contributed by atoms with Crippen molar-refractivity contribution in [1.82, 2.24) is 5.32 Å². The summed E-state index contributed by atoms with van der Waals surface area (Å²) in [5.74, 6) is 0. The van der Waals surface area contributed by atoms with Crippen molar-refractivity contribution >= 4 is 27.3 Å². The van der Waals surface area contributed by atoms with Crippen molar-refractivity contribution in [3.63, 3.8) is 0 Å². The van der Waals surface area contributed by atoms with Gasteiger partial charge < -0.3 is 10.1 Å². The van der Waals surface area contributed by atoms with Gasteiger partial charge in [0.25, 0.3) is 0 Å². The van der Waals surface area contributed by atoms with Crippen LogP contribution in [0.3, 0.4) is 0 Å². The zero-order valence-corrected chi connectivity index (χ0v) is 13.5. The van der Waals surface area contributed by atoms with Crippen LogP contribution in [0, 0.1) is 0 Å². The molecule has 17 heavy (non-hydrogen) atoms. The molecule has 4 heteroatoms. The molecule has 0 aliphatic carbocycles. The minimum absolute atomic E-state index is 0.102. The lowest BCUT2D eigenvalue weighted by molar-refractivity contribution is 0.00709. The molecular weight excluding hydrogens is 298 g/mol. The largest absolute Gasteiger partial charge is 0.379 e. The molecule has 1 unspecified atom stereocenters. The molecule has 1 aromatic heterocycles. The van der Waals surface area contributed by atoms with Gasteiger partial charge in [0, 0.05) is 22.5 Å². The van der Waals surface area contributed by atoms with Crippen molar-refractivity contribution < 1.29 is 4.74 Å². The summed E-state index contributed by atoms with van der Waals surface area (Å²) in [7, 11) is 1.78. The Hall–Kier alpha value is 0.100. The predicted octanol–water partition coefficient (Wildman–Crippen LogP) is 4.37. The Bertz CT molecular complexity index is 338. The molecule has 0 saturated heterocycles. The topological polar surface area (TPSA) is 21.3 Å². The number of halogens is 1. The lowest BCUT2D eigenvalue weighted by Crippen LogP contribution is -2.32. The summed E-state index contributed by atoms with van der Waals surface area (Å²) in [5, 5.41) is 5.73. The smallest absolute Gasteiger partial charge is 0.0641 e. The average Bonchev–Trinajstić information content (AvgIpc) is 2.70. The Kier molecular flexibility index (Phi) is 6.13. The van der Waals surface area contributed by atoms with E-state index in [-0.39, 0.29) is 5.60 Å². The van der Waals surface area contributed by atoms with Crippen LogP contribution < -0.4 is 5.32 Å². The van der Waals surface area contributed by atoms with E-state index in [1.165, 1.54) is 9.35 Å². The Morgan fingerprint density at radius 3 is 2.71 bits per heavy atom. The number of hydrogen-bond donors (Lipinski definition) is 1. The highest BCUT2D eigenvalue weighted by atomic mass is 79.9. The van der Waals surface area contributed by atoms with Crippen LogP contribution in [0.5, 0.6) is 0 Å². The van der Waals surface area contributed by atoms with Crippen molar-refractivity contribution in [2.24, 2.45) is 0 Å². The number of ether oxygens (including phenoxy) is 1. The number of methoxy groups -OCH3 is 1. The normalized spacial score (nSPS) is 13.9. The second kappa shape index (κ2) is 6.88. The highest BCUT2D eigenvalue weighted by molar-refractivity contribution is 9.10. The van der Waals surface area contributed by atoms with Gasteiger partial charge in [-0.3, -0.25) is 0 Å². The van der Waals surface area contributed by atoms with Gasteiger partial charge in [-0.2, -0.15) is 0 Å². The van der Waals surface area contributed by atoms with E-state index < -0.39 is 0 Å². The molecule has 0 radical (unpaired) electrons. The first-order valence-electron chi connectivity index (χ1n) is 6.01. The maximum Gasteiger partial charge on any atom is 0.0641 e. The fourth-order valence-electron chi connectivity index (χ4n) is 1.71. The van der Waals surface area contributed by atoms with Crippen molar-refractivity contribution in [2.45, 2.75) is 45.3 Å². The van der Waals surface area contributed by atoms with Gasteiger partial charge in [0.15, 0.2) is 0 Å². The molecule has 0 aromatic carbocycles. The van der Waals surface area contributed by atoms with Gasteiger partial charge in [-0.05, 0) is 60.6 Å². The summed E-state index contributed by atoms with van der Waals surface area (Å²) in [6.07, 6.45) is 2.12. The maximum atomic E-state index is 5.54. The Morgan fingerprint density at radius 2 is 2.24 bits per heavy atom. The lowest BCUT2D eigenvalue weighted by atomic mass is 9.97. The van der Waals surface area contributed by atoms with Gasteiger partial charge in [0.05, 0.1) is 5.60 Å². The third-order valence-electron chi connectivity index (χ3n) is 2.85. The second-order valence-electron chi connectivity index (χ2n) is 4.81. The predicted molar refractivity (Wildman–Crippen MR) is 78.8 cm³/mol. The van der Waals surface area contributed by atoms with Gasteiger partial charge >= 0.3 is 0 Å². The van der Waals surface area contributed by atoms with Crippen LogP contribution in [0.1, 0.15) is 44.5 Å². The second-order valence-corrected chi connectivity index (χ2v) is 6.61. The molecule has 0 spiro atoms. The first-order valence-corrected chi connectivity index (χ1v) is 7.69. The Morgan fingerprint density at radius 1 is 1.53 bits per heavy atom. The standard InChI is InChI=1S/C13H22BrNOS/c1-5-7-15-11(9-13(2,3)16-4)12-10(14)6-8-17-12/h6,8,11,15H,5,7,9H2,1-4H3. The van der Waals surface area contributed by atoms with Gasteiger partial charge in [-0.15, -0.1) is 11.3 Å². The molecule has 1 rings (SSSR count). The molecule has 0 aliphatic rings. The number of thiophene rings is 1. The van der Waals surface area contributed by atoms with Crippen molar-refractivity contribution in [3.05, 3.63) is 20.8 Å². The van der Waals surface area contributed by atoms with E-state index in [1.807, 2.05) is 0 Å². The van der Waals surface area contributed by atoms with Gasteiger partial charge in [0.1, 0.15) is 0 Å². The highest BCUT2D eigenvalue weighted by Crippen LogP contribution is 2.34. The van der Waals surface area contributed by atoms with E-state index in [4.69, 9.17) is 4.74 Å². The van der Waals surface area contributed by atoms with Crippen LogP contribution in [0.25, 0.3) is 0 Å². The zero-order valence-electron chi connectivity index (χ0n) is 11.0. The molecule has 98 valence electrons. The molecule has 0 aliphatic heterocycles. The Balaban J connectivity index is 2.77. The van der Waals surface area contributed by atoms with Crippen molar-refractivity contribution in [2.75, 3.05) is 13.7 Å². The summed E-state index contributed by atoms with van der Waals surface area (Å²) in [6.45, 7) is 7.49. The van der Waals surface area contributed by atoms with Gasteiger partial charge in [0.2, 0.25) is 0 Å². The van der Waals surface area contributed by atoms with Crippen LogP contribution in [0.15, 0.2) is 15.9 Å². The molecule has 0 bridgehead atoms. The maximum absolute atomic E-state index is 5.54. The molecule has 2 nitrogen and oxygen atoms in total. The van der Waals surface area contributed by atoms with E-state index in [0.29, 0.717) is 6.04 Å². The van der Waals surface area contributed by atoms with E-state index in [9.17, 15) is 0 Å². The minimum Gasteiger partial charge on any atom is -0.379 e. The first-order chi connectivity index (χ1) is 8.00. The SMILES string of the molecule is CCCNC(CC(C)(C)OC)c1sccc1Br. The molecule has 0 saturated carbocycles. The monoisotopic (exact) mass is 319 g/mol. The summed E-state index contributed by atoms with van der Waals surface area (Å²) < 4.78 is 6.73. The van der Waals surface area contributed by atoms with Crippen LogP contribution in [0.2, 0.25) is 0 Å². The number of nitrogens with one attached hydrogen (secondary N) is 1. The summed E-state index contributed by atoms with van der Waals surface area (Å²) in [5.41, 5.74) is -0.102. The Labute approximate surface area is 117 Å².